The third-order valence-electron chi connectivity index (χ3n) is 6.28. The molecule has 5 nitrogen and oxygen atoms in total. The van der Waals surface area contributed by atoms with Crippen LogP contribution in [0.3, 0.4) is 0 Å². The molecule has 3 aliphatic rings. The normalized spacial score (nSPS) is 38.6. The monoisotopic (exact) mass is 334 g/mol. The van der Waals surface area contributed by atoms with Crippen LogP contribution in [-0.4, -0.2) is 30.4 Å². The van der Waals surface area contributed by atoms with Crippen LogP contribution in [0.1, 0.15) is 46.5 Å². The lowest BCUT2D eigenvalue weighted by Crippen LogP contribution is -2.45. The number of Topliss-reactive ketones (excluding diaryl/α,β-unsaturated/α-hetero) is 1. The minimum atomic E-state index is -0.689. The van der Waals surface area contributed by atoms with Crippen molar-refractivity contribution < 1.29 is 23.9 Å². The number of fused-ring (bicyclic) bond motifs is 3. The summed E-state index contributed by atoms with van der Waals surface area (Å²) in [6.45, 7) is 9.77. The van der Waals surface area contributed by atoms with Crippen LogP contribution < -0.4 is 0 Å². The molecule has 5 unspecified atom stereocenters. The third-order valence-corrected chi connectivity index (χ3v) is 6.28. The van der Waals surface area contributed by atoms with Crippen molar-refractivity contribution in [1.29, 1.82) is 0 Å². The van der Waals surface area contributed by atoms with E-state index in [4.69, 9.17) is 9.47 Å². The molecule has 0 bridgehead atoms. The fraction of sp³-hybridized carbons (Fsp3) is 0.737. The SMILES string of the molecule is C=C1C(=O)OC2C1CCC(COC(=O)C(C)C)C1CCC(=O)C12C. The molecule has 0 aromatic heterocycles. The van der Waals surface area contributed by atoms with E-state index in [0.717, 1.165) is 19.3 Å². The van der Waals surface area contributed by atoms with Crippen LogP contribution in [0, 0.1) is 29.1 Å². The summed E-state index contributed by atoms with van der Waals surface area (Å²) in [5, 5.41) is 0. The number of carbonyl (C=O) groups excluding carboxylic acids is 3. The molecule has 0 spiro atoms. The number of ketones is 1. The lowest BCUT2D eigenvalue weighted by atomic mass is 9.68. The first-order valence-electron chi connectivity index (χ1n) is 8.86. The summed E-state index contributed by atoms with van der Waals surface area (Å²) in [6.07, 6.45) is 2.42. The van der Waals surface area contributed by atoms with Gasteiger partial charge in [-0.2, -0.15) is 0 Å². The Balaban J connectivity index is 1.86. The number of ether oxygens (including phenoxy) is 2. The Kier molecular flexibility index (Phi) is 4.30. The highest BCUT2D eigenvalue weighted by Crippen LogP contribution is 2.56. The van der Waals surface area contributed by atoms with E-state index in [1.54, 1.807) is 0 Å². The molecule has 5 heteroatoms. The van der Waals surface area contributed by atoms with Gasteiger partial charge < -0.3 is 9.47 Å². The van der Waals surface area contributed by atoms with E-state index in [2.05, 4.69) is 6.58 Å². The highest BCUT2D eigenvalue weighted by molar-refractivity contribution is 5.94. The molecule has 24 heavy (non-hydrogen) atoms. The number of rotatable bonds is 3. The molecule has 0 N–H and O–H groups in total. The van der Waals surface area contributed by atoms with Crippen molar-refractivity contribution >= 4 is 17.7 Å². The minimum absolute atomic E-state index is 0.0821. The van der Waals surface area contributed by atoms with Gasteiger partial charge in [0, 0.05) is 17.9 Å². The Bertz CT molecular complexity index is 593. The molecule has 0 amide bonds. The first-order chi connectivity index (χ1) is 11.3. The third kappa shape index (κ3) is 2.49. The standard InChI is InChI=1S/C19H26O5/c1-10(2)17(21)23-9-12-5-6-13-11(3)18(22)24-16(13)19(4)14(12)7-8-15(19)20/h10,12-14,16H,3,5-9H2,1-2,4H3. The zero-order chi connectivity index (χ0) is 17.6. The molecule has 0 aromatic rings. The highest BCUT2D eigenvalue weighted by Gasteiger charge is 2.61. The Morgan fingerprint density at radius 2 is 2.04 bits per heavy atom. The van der Waals surface area contributed by atoms with Crippen LogP contribution >= 0.6 is 0 Å². The molecule has 1 saturated heterocycles. The summed E-state index contributed by atoms with van der Waals surface area (Å²) >= 11 is 0. The number of hydrogen-bond donors (Lipinski definition) is 0. The van der Waals surface area contributed by atoms with E-state index >= 15 is 0 Å². The van der Waals surface area contributed by atoms with Crippen molar-refractivity contribution in [3.63, 3.8) is 0 Å². The minimum Gasteiger partial charge on any atom is -0.465 e. The predicted molar refractivity (Wildman–Crippen MR) is 86.9 cm³/mol. The zero-order valence-electron chi connectivity index (χ0n) is 14.7. The molecule has 0 aromatic carbocycles. The topological polar surface area (TPSA) is 69.7 Å². The number of hydrogen-bond acceptors (Lipinski definition) is 5. The van der Waals surface area contributed by atoms with Gasteiger partial charge in [0.2, 0.25) is 0 Å². The lowest BCUT2D eigenvalue weighted by molar-refractivity contribution is -0.153. The van der Waals surface area contributed by atoms with E-state index in [9.17, 15) is 14.4 Å². The van der Waals surface area contributed by atoms with Crippen LogP contribution in [0.25, 0.3) is 0 Å². The largest absolute Gasteiger partial charge is 0.465 e. The van der Waals surface area contributed by atoms with E-state index in [1.165, 1.54) is 0 Å². The molecule has 1 aliphatic heterocycles. The van der Waals surface area contributed by atoms with Gasteiger partial charge in [-0.05, 0) is 38.0 Å². The predicted octanol–water partition coefficient (Wildman–Crippen LogP) is 2.68. The van der Waals surface area contributed by atoms with Crippen LogP contribution in [0.5, 0.6) is 0 Å². The Morgan fingerprint density at radius 1 is 1.33 bits per heavy atom. The van der Waals surface area contributed by atoms with E-state index in [0.29, 0.717) is 18.6 Å². The summed E-state index contributed by atoms with van der Waals surface area (Å²) < 4.78 is 11.1. The first-order valence-corrected chi connectivity index (χ1v) is 8.86. The van der Waals surface area contributed by atoms with Crippen molar-refractivity contribution in [3.05, 3.63) is 12.2 Å². The van der Waals surface area contributed by atoms with Crippen molar-refractivity contribution in [3.8, 4) is 0 Å². The quantitative estimate of drug-likeness (QED) is 0.586. The Labute approximate surface area is 142 Å². The van der Waals surface area contributed by atoms with Crippen molar-refractivity contribution in [2.75, 3.05) is 6.61 Å². The first kappa shape index (κ1) is 17.2. The fourth-order valence-electron chi connectivity index (χ4n) is 4.78. The van der Waals surface area contributed by atoms with Crippen molar-refractivity contribution in [1.82, 2.24) is 0 Å². The van der Waals surface area contributed by atoms with Gasteiger partial charge in [0.1, 0.15) is 11.9 Å². The Morgan fingerprint density at radius 3 is 2.71 bits per heavy atom. The average Bonchev–Trinajstić information content (AvgIpc) is 2.95. The van der Waals surface area contributed by atoms with Gasteiger partial charge in [-0.15, -0.1) is 0 Å². The smallest absolute Gasteiger partial charge is 0.334 e. The van der Waals surface area contributed by atoms with Crippen molar-refractivity contribution in [2.24, 2.45) is 29.1 Å². The zero-order valence-corrected chi connectivity index (χ0v) is 14.7. The van der Waals surface area contributed by atoms with Crippen LogP contribution in [0.15, 0.2) is 12.2 Å². The fourth-order valence-corrected chi connectivity index (χ4v) is 4.78. The van der Waals surface area contributed by atoms with Crippen molar-refractivity contribution in [2.45, 2.75) is 52.6 Å². The van der Waals surface area contributed by atoms with Crippen LogP contribution in [0.2, 0.25) is 0 Å². The second kappa shape index (κ2) is 6.01. The van der Waals surface area contributed by atoms with Gasteiger partial charge in [-0.3, -0.25) is 9.59 Å². The highest BCUT2D eigenvalue weighted by atomic mass is 16.6. The Hall–Kier alpha value is -1.65. The summed E-state index contributed by atoms with van der Waals surface area (Å²) in [5.41, 5.74) is -0.204. The molecule has 2 aliphatic carbocycles. The number of carbonyl (C=O) groups is 3. The second-order valence-corrected chi connectivity index (χ2v) is 7.93. The van der Waals surface area contributed by atoms with Crippen LogP contribution in [0.4, 0.5) is 0 Å². The van der Waals surface area contributed by atoms with Gasteiger partial charge >= 0.3 is 11.9 Å². The molecular formula is C19H26O5. The maximum absolute atomic E-state index is 12.7. The molecule has 0 radical (unpaired) electrons. The molecule has 132 valence electrons. The van der Waals surface area contributed by atoms with E-state index in [1.807, 2.05) is 20.8 Å². The van der Waals surface area contributed by atoms with Gasteiger partial charge in [-0.1, -0.05) is 20.4 Å². The number of esters is 2. The van der Waals surface area contributed by atoms with Gasteiger partial charge in [0.25, 0.3) is 0 Å². The molecule has 1 heterocycles. The molecular weight excluding hydrogens is 308 g/mol. The van der Waals surface area contributed by atoms with E-state index in [-0.39, 0.29) is 41.4 Å². The summed E-state index contributed by atoms with van der Waals surface area (Å²) in [7, 11) is 0. The molecule has 3 rings (SSSR count). The second-order valence-electron chi connectivity index (χ2n) is 7.93. The summed E-state index contributed by atoms with van der Waals surface area (Å²) in [6, 6.07) is 0. The lowest BCUT2D eigenvalue weighted by Gasteiger charge is -2.37. The van der Waals surface area contributed by atoms with E-state index < -0.39 is 11.5 Å². The summed E-state index contributed by atoms with van der Waals surface area (Å²) in [4.78, 5) is 36.5. The maximum Gasteiger partial charge on any atom is 0.334 e. The molecule has 2 saturated carbocycles. The van der Waals surface area contributed by atoms with Gasteiger partial charge in [0.15, 0.2) is 0 Å². The van der Waals surface area contributed by atoms with Crippen LogP contribution in [-0.2, 0) is 23.9 Å². The molecule has 3 fully saturated rings. The maximum atomic E-state index is 12.7. The van der Waals surface area contributed by atoms with Gasteiger partial charge in [-0.25, -0.2) is 4.79 Å². The molecule has 5 atom stereocenters. The average molecular weight is 334 g/mol. The van der Waals surface area contributed by atoms with Gasteiger partial charge in [0.05, 0.1) is 17.9 Å². The summed E-state index contributed by atoms with van der Waals surface area (Å²) in [5.74, 6) is -0.465.